The van der Waals surface area contributed by atoms with Crippen molar-refractivity contribution < 1.29 is 29.5 Å². The first-order valence-electron chi connectivity index (χ1n) is 4.22. The molecule has 0 fully saturated rings. The lowest BCUT2D eigenvalue weighted by atomic mass is 10.2. The Labute approximate surface area is 81.6 Å². The van der Waals surface area contributed by atoms with Crippen LogP contribution in [0, 0.1) is 5.92 Å². The van der Waals surface area contributed by atoms with E-state index in [1.165, 1.54) is 0 Å². The Balaban J connectivity index is 3.42. The molecular weight excluding hydrogens is 192 g/mol. The van der Waals surface area contributed by atoms with E-state index in [1.54, 1.807) is 0 Å². The molecule has 0 unspecified atom stereocenters. The lowest BCUT2D eigenvalue weighted by Crippen LogP contribution is -2.11. The topological polar surface area (TPSA) is 82.1 Å². The van der Waals surface area contributed by atoms with Crippen LogP contribution >= 0.6 is 0 Å². The summed E-state index contributed by atoms with van der Waals surface area (Å²) in [5.41, 5.74) is 0. The quantitative estimate of drug-likeness (QED) is 0.514. The molecule has 82 valence electrons. The second-order valence-electron chi connectivity index (χ2n) is 3.10. The van der Waals surface area contributed by atoms with Crippen molar-refractivity contribution in [2.24, 2.45) is 5.92 Å². The molecule has 0 bridgehead atoms. The summed E-state index contributed by atoms with van der Waals surface area (Å²) in [4.78, 5) is 33.4. The zero-order valence-electron chi connectivity index (χ0n) is 8.19. The number of carbonyl (C=O) groups is 2. The normalized spacial score (nSPS) is 10.0. The van der Waals surface area contributed by atoms with E-state index in [1.807, 2.05) is 13.8 Å². The maximum atomic E-state index is 10.8. The standard InChI is InChI=1S/C8H14O6/c1-6(2)5-12-14-8(10)4-3-7(9)13-11/h6,11H,3-5H2,1-2H3. The average Bonchev–Trinajstić information content (AvgIpc) is 2.13. The summed E-state index contributed by atoms with van der Waals surface area (Å²) in [7, 11) is 0. The minimum absolute atomic E-state index is 0.183. The largest absolute Gasteiger partial charge is 0.342 e. The summed E-state index contributed by atoms with van der Waals surface area (Å²) in [5.74, 6) is -1.30. The van der Waals surface area contributed by atoms with Crippen LogP contribution in [0.15, 0.2) is 0 Å². The highest BCUT2D eigenvalue weighted by atomic mass is 17.2. The highest BCUT2D eigenvalue weighted by Crippen LogP contribution is 1.98. The van der Waals surface area contributed by atoms with Crippen LogP contribution in [0.5, 0.6) is 0 Å². The molecule has 0 radical (unpaired) electrons. The van der Waals surface area contributed by atoms with Gasteiger partial charge in [0.15, 0.2) is 0 Å². The van der Waals surface area contributed by atoms with Crippen molar-refractivity contribution in [3.05, 3.63) is 0 Å². The predicted octanol–water partition coefficient (Wildman–Crippen LogP) is 0.914. The first-order chi connectivity index (χ1) is 6.56. The Bertz CT molecular complexity index is 188. The Morgan fingerprint density at radius 2 is 1.79 bits per heavy atom. The van der Waals surface area contributed by atoms with Gasteiger partial charge in [-0.1, -0.05) is 13.8 Å². The number of rotatable bonds is 6. The minimum Gasteiger partial charge on any atom is -0.301 e. The lowest BCUT2D eigenvalue weighted by Gasteiger charge is -2.04. The van der Waals surface area contributed by atoms with Gasteiger partial charge < -0.3 is 4.89 Å². The molecule has 0 aromatic rings. The van der Waals surface area contributed by atoms with E-state index in [0.29, 0.717) is 6.61 Å². The van der Waals surface area contributed by atoms with Gasteiger partial charge in [0.25, 0.3) is 0 Å². The summed E-state index contributed by atoms with van der Waals surface area (Å²) in [5, 5.41) is 7.86. The van der Waals surface area contributed by atoms with Crippen molar-refractivity contribution >= 4 is 11.9 Å². The summed E-state index contributed by atoms with van der Waals surface area (Å²) in [6.45, 7) is 4.10. The zero-order chi connectivity index (χ0) is 11.0. The lowest BCUT2D eigenvalue weighted by molar-refractivity contribution is -0.277. The summed E-state index contributed by atoms with van der Waals surface area (Å²) in [6, 6.07) is 0. The van der Waals surface area contributed by atoms with Gasteiger partial charge >= 0.3 is 11.9 Å². The third-order valence-corrected chi connectivity index (χ3v) is 1.19. The van der Waals surface area contributed by atoms with Crippen LogP contribution in [0.3, 0.4) is 0 Å². The molecule has 0 rings (SSSR count). The monoisotopic (exact) mass is 206 g/mol. The van der Waals surface area contributed by atoms with Gasteiger partial charge in [0.05, 0.1) is 19.4 Å². The fraction of sp³-hybridized carbons (Fsp3) is 0.750. The van der Waals surface area contributed by atoms with E-state index in [-0.39, 0.29) is 18.8 Å². The van der Waals surface area contributed by atoms with E-state index in [2.05, 4.69) is 14.7 Å². The van der Waals surface area contributed by atoms with E-state index in [0.717, 1.165) is 0 Å². The molecule has 0 amide bonds. The molecule has 0 aliphatic rings. The Morgan fingerprint density at radius 3 is 2.29 bits per heavy atom. The van der Waals surface area contributed by atoms with Gasteiger partial charge in [-0.2, -0.15) is 10.1 Å². The molecule has 0 aromatic carbocycles. The second kappa shape index (κ2) is 7.28. The van der Waals surface area contributed by atoms with Gasteiger partial charge in [-0.3, -0.25) is 4.89 Å². The summed E-state index contributed by atoms with van der Waals surface area (Å²) < 4.78 is 0. The average molecular weight is 206 g/mol. The van der Waals surface area contributed by atoms with Gasteiger partial charge in [-0.15, -0.1) is 0 Å². The molecule has 0 atom stereocenters. The maximum Gasteiger partial charge on any atom is 0.342 e. The first-order valence-corrected chi connectivity index (χ1v) is 4.22. The Hall–Kier alpha value is -1.14. The highest BCUT2D eigenvalue weighted by Gasteiger charge is 2.09. The van der Waals surface area contributed by atoms with Gasteiger partial charge in [-0.05, 0) is 5.92 Å². The van der Waals surface area contributed by atoms with Crippen LogP contribution in [0.25, 0.3) is 0 Å². The molecule has 0 saturated carbocycles. The van der Waals surface area contributed by atoms with Crippen LogP contribution in [0.1, 0.15) is 26.7 Å². The first kappa shape index (κ1) is 12.9. The number of hydrogen-bond donors (Lipinski definition) is 1. The van der Waals surface area contributed by atoms with Crippen LogP contribution in [0.4, 0.5) is 0 Å². The molecule has 0 heterocycles. The molecule has 0 aliphatic carbocycles. The molecular formula is C8H14O6. The highest BCUT2D eigenvalue weighted by molar-refractivity contribution is 5.76. The van der Waals surface area contributed by atoms with Crippen LogP contribution in [0.2, 0.25) is 0 Å². The summed E-state index contributed by atoms with van der Waals surface area (Å²) >= 11 is 0. The van der Waals surface area contributed by atoms with E-state index in [4.69, 9.17) is 5.26 Å². The van der Waals surface area contributed by atoms with E-state index >= 15 is 0 Å². The predicted molar refractivity (Wildman–Crippen MR) is 44.8 cm³/mol. The second-order valence-corrected chi connectivity index (χ2v) is 3.10. The van der Waals surface area contributed by atoms with Crippen LogP contribution < -0.4 is 0 Å². The third kappa shape index (κ3) is 7.51. The SMILES string of the molecule is CC(C)COOC(=O)CCC(=O)OO. The number of carbonyl (C=O) groups excluding carboxylic acids is 2. The minimum atomic E-state index is -0.884. The fourth-order valence-electron chi connectivity index (χ4n) is 0.527. The Morgan fingerprint density at radius 1 is 1.21 bits per heavy atom. The van der Waals surface area contributed by atoms with E-state index in [9.17, 15) is 9.59 Å². The van der Waals surface area contributed by atoms with Gasteiger partial charge in [0.2, 0.25) is 0 Å². The molecule has 6 nitrogen and oxygen atoms in total. The fourth-order valence-corrected chi connectivity index (χ4v) is 0.527. The van der Waals surface area contributed by atoms with Crippen LogP contribution in [-0.4, -0.2) is 23.8 Å². The molecule has 0 saturated heterocycles. The molecule has 14 heavy (non-hydrogen) atoms. The van der Waals surface area contributed by atoms with Gasteiger partial charge in [0, 0.05) is 0 Å². The molecule has 0 aromatic heterocycles. The van der Waals surface area contributed by atoms with Crippen molar-refractivity contribution in [2.45, 2.75) is 26.7 Å². The molecule has 1 N–H and O–H groups in total. The molecule has 0 aliphatic heterocycles. The van der Waals surface area contributed by atoms with Crippen molar-refractivity contribution in [3.63, 3.8) is 0 Å². The van der Waals surface area contributed by atoms with Crippen molar-refractivity contribution in [3.8, 4) is 0 Å². The third-order valence-electron chi connectivity index (χ3n) is 1.19. The van der Waals surface area contributed by atoms with Gasteiger partial charge in [0.1, 0.15) is 0 Å². The van der Waals surface area contributed by atoms with Crippen LogP contribution in [-0.2, 0) is 24.3 Å². The van der Waals surface area contributed by atoms with Crippen molar-refractivity contribution in [1.82, 2.24) is 0 Å². The number of hydrogen-bond acceptors (Lipinski definition) is 6. The Kier molecular flexibility index (Phi) is 6.69. The molecule has 0 spiro atoms. The maximum absolute atomic E-state index is 10.8. The molecule has 6 heteroatoms. The van der Waals surface area contributed by atoms with E-state index < -0.39 is 11.9 Å². The zero-order valence-corrected chi connectivity index (χ0v) is 8.19. The summed E-state index contributed by atoms with van der Waals surface area (Å²) in [6.07, 6.45) is -0.419. The van der Waals surface area contributed by atoms with Gasteiger partial charge in [-0.25, -0.2) is 9.59 Å². The van der Waals surface area contributed by atoms with Crippen molar-refractivity contribution in [2.75, 3.05) is 6.61 Å². The van der Waals surface area contributed by atoms with Crippen molar-refractivity contribution in [1.29, 1.82) is 0 Å². The smallest absolute Gasteiger partial charge is 0.301 e.